The first-order valence-corrected chi connectivity index (χ1v) is 11.6. The molecule has 1 heterocycles. The number of amides is 2. The molecule has 1 aliphatic rings. The van der Waals surface area contributed by atoms with Crippen molar-refractivity contribution >= 4 is 23.2 Å². The molecule has 0 aliphatic carbocycles. The van der Waals surface area contributed by atoms with Crippen LogP contribution >= 0.6 is 0 Å². The Bertz CT molecular complexity index is 1200. The lowest BCUT2D eigenvalue weighted by Crippen LogP contribution is -2.37. The second-order valence-corrected chi connectivity index (χ2v) is 8.21. The number of carbonyl (C=O) groups excluding carboxylic acids is 2. The first-order valence-electron chi connectivity index (χ1n) is 11.6. The molecule has 7 nitrogen and oxygen atoms in total. The standard InChI is InChI=1S/C27H27F2N3O4/c1-35-24-10-5-3-8-22(24)26(34)32-16-6-15-31(17-18-32)25(33)21-7-2-4-9-23(21)30-19-11-13-20(14-12-19)36-27(28)29/h2-5,7-14,27,30H,6,15-18H2,1H3. The molecular weight excluding hydrogens is 468 g/mol. The van der Waals surface area contributed by atoms with Gasteiger partial charge >= 0.3 is 6.61 Å². The number of alkyl halides is 2. The highest BCUT2D eigenvalue weighted by molar-refractivity contribution is 6.00. The second-order valence-electron chi connectivity index (χ2n) is 8.21. The van der Waals surface area contributed by atoms with Crippen molar-refractivity contribution in [3.8, 4) is 11.5 Å². The topological polar surface area (TPSA) is 71.1 Å². The van der Waals surface area contributed by atoms with Crippen LogP contribution in [-0.4, -0.2) is 61.5 Å². The van der Waals surface area contributed by atoms with Crippen LogP contribution in [0.25, 0.3) is 0 Å². The summed E-state index contributed by atoms with van der Waals surface area (Å²) in [6.45, 7) is -1.04. The Morgan fingerprint density at radius 3 is 2.03 bits per heavy atom. The molecule has 0 atom stereocenters. The van der Waals surface area contributed by atoms with Gasteiger partial charge in [0.15, 0.2) is 0 Å². The molecule has 3 aromatic rings. The molecule has 4 rings (SSSR count). The maximum Gasteiger partial charge on any atom is 0.387 e. The molecule has 0 aromatic heterocycles. The minimum Gasteiger partial charge on any atom is -0.496 e. The van der Waals surface area contributed by atoms with Gasteiger partial charge in [0.2, 0.25) is 0 Å². The molecule has 2 amide bonds. The highest BCUT2D eigenvalue weighted by Crippen LogP contribution is 2.26. The van der Waals surface area contributed by atoms with Gasteiger partial charge in [-0.15, -0.1) is 0 Å². The van der Waals surface area contributed by atoms with E-state index in [-0.39, 0.29) is 17.6 Å². The summed E-state index contributed by atoms with van der Waals surface area (Å²) in [5.41, 5.74) is 2.20. The molecule has 1 aliphatic heterocycles. The first kappa shape index (κ1) is 25.0. The summed E-state index contributed by atoms with van der Waals surface area (Å²) < 4.78 is 34.5. The van der Waals surface area contributed by atoms with Crippen molar-refractivity contribution in [3.05, 3.63) is 83.9 Å². The normalized spacial score (nSPS) is 13.8. The molecule has 1 fully saturated rings. The molecule has 0 unspecified atom stereocenters. The van der Waals surface area contributed by atoms with Crippen LogP contribution in [0.5, 0.6) is 11.5 Å². The van der Waals surface area contributed by atoms with E-state index in [1.165, 1.54) is 19.2 Å². The maximum atomic E-state index is 13.4. The van der Waals surface area contributed by atoms with E-state index in [2.05, 4.69) is 10.1 Å². The van der Waals surface area contributed by atoms with Crippen LogP contribution in [0.15, 0.2) is 72.8 Å². The van der Waals surface area contributed by atoms with E-state index in [1.54, 1.807) is 58.3 Å². The smallest absolute Gasteiger partial charge is 0.387 e. The lowest BCUT2D eigenvalue weighted by Gasteiger charge is -2.24. The number of nitrogens with zero attached hydrogens (tertiary/aromatic N) is 2. The molecule has 3 aromatic carbocycles. The van der Waals surface area contributed by atoms with Crippen molar-refractivity contribution in [2.24, 2.45) is 0 Å². The number of hydrogen-bond acceptors (Lipinski definition) is 5. The first-order chi connectivity index (χ1) is 17.5. The third kappa shape index (κ3) is 5.91. The van der Waals surface area contributed by atoms with Gasteiger partial charge in [-0.1, -0.05) is 24.3 Å². The number of para-hydroxylation sites is 2. The quantitative estimate of drug-likeness (QED) is 0.498. The summed E-state index contributed by atoms with van der Waals surface area (Å²) in [6, 6.07) is 20.3. The molecule has 0 saturated carbocycles. The minimum atomic E-state index is -2.89. The number of ether oxygens (including phenoxy) is 2. The Morgan fingerprint density at radius 2 is 1.39 bits per heavy atom. The minimum absolute atomic E-state index is 0.0525. The number of halogens is 2. The molecule has 1 N–H and O–H groups in total. The van der Waals surface area contributed by atoms with E-state index in [0.717, 1.165) is 0 Å². The monoisotopic (exact) mass is 495 g/mol. The fraction of sp³-hybridized carbons (Fsp3) is 0.259. The van der Waals surface area contributed by atoms with Crippen LogP contribution in [0.3, 0.4) is 0 Å². The van der Waals surface area contributed by atoms with E-state index in [0.29, 0.717) is 60.9 Å². The number of anilines is 2. The van der Waals surface area contributed by atoms with Crippen molar-refractivity contribution < 1.29 is 27.8 Å². The van der Waals surface area contributed by atoms with E-state index in [4.69, 9.17) is 4.74 Å². The van der Waals surface area contributed by atoms with Crippen LogP contribution in [-0.2, 0) is 0 Å². The molecule has 0 radical (unpaired) electrons. The third-order valence-corrected chi connectivity index (χ3v) is 5.92. The van der Waals surface area contributed by atoms with Gasteiger partial charge in [-0.2, -0.15) is 8.78 Å². The van der Waals surface area contributed by atoms with Gasteiger partial charge in [-0.05, 0) is 55.0 Å². The van der Waals surface area contributed by atoms with Gasteiger partial charge in [-0.3, -0.25) is 9.59 Å². The fourth-order valence-electron chi connectivity index (χ4n) is 4.14. The number of methoxy groups -OCH3 is 1. The summed E-state index contributed by atoms with van der Waals surface area (Å²) in [5, 5.41) is 3.18. The van der Waals surface area contributed by atoms with E-state index in [9.17, 15) is 18.4 Å². The van der Waals surface area contributed by atoms with Crippen LogP contribution < -0.4 is 14.8 Å². The lowest BCUT2D eigenvalue weighted by atomic mass is 10.1. The fourth-order valence-corrected chi connectivity index (χ4v) is 4.14. The summed E-state index contributed by atoms with van der Waals surface area (Å²) in [6.07, 6.45) is 0.647. The Morgan fingerprint density at radius 1 is 0.806 bits per heavy atom. The van der Waals surface area contributed by atoms with Gasteiger partial charge in [0, 0.05) is 31.9 Å². The Hall–Kier alpha value is -4.14. The molecule has 188 valence electrons. The van der Waals surface area contributed by atoms with Crippen molar-refractivity contribution in [2.75, 3.05) is 38.6 Å². The summed E-state index contributed by atoms with van der Waals surface area (Å²) in [4.78, 5) is 30.0. The second kappa shape index (κ2) is 11.5. The highest BCUT2D eigenvalue weighted by Gasteiger charge is 2.26. The summed E-state index contributed by atoms with van der Waals surface area (Å²) in [7, 11) is 1.53. The molecule has 0 bridgehead atoms. The van der Waals surface area contributed by atoms with Crippen molar-refractivity contribution in [2.45, 2.75) is 13.0 Å². The summed E-state index contributed by atoms with van der Waals surface area (Å²) >= 11 is 0. The predicted octanol–water partition coefficient (Wildman–Crippen LogP) is 5.03. The largest absolute Gasteiger partial charge is 0.496 e. The maximum absolute atomic E-state index is 13.4. The van der Waals surface area contributed by atoms with Gasteiger partial charge in [0.1, 0.15) is 11.5 Å². The van der Waals surface area contributed by atoms with Crippen molar-refractivity contribution in [1.29, 1.82) is 0 Å². The van der Waals surface area contributed by atoms with Crippen LogP contribution in [0.4, 0.5) is 20.2 Å². The highest BCUT2D eigenvalue weighted by atomic mass is 19.3. The number of rotatable bonds is 7. The molecule has 0 spiro atoms. The van der Waals surface area contributed by atoms with Crippen molar-refractivity contribution in [3.63, 3.8) is 0 Å². The average molecular weight is 496 g/mol. The Labute approximate surface area is 208 Å². The number of benzene rings is 3. The van der Waals surface area contributed by atoms with Gasteiger partial charge in [-0.25, -0.2) is 0 Å². The van der Waals surface area contributed by atoms with Crippen molar-refractivity contribution in [1.82, 2.24) is 9.80 Å². The molecule has 9 heteroatoms. The lowest BCUT2D eigenvalue weighted by molar-refractivity contribution is -0.0498. The van der Waals surface area contributed by atoms with E-state index < -0.39 is 6.61 Å². The number of hydrogen-bond donors (Lipinski definition) is 1. The Kier molecular flexibility index (Phi) is 7.99. The van der Waals surface area contributed by atoms with Crippen LogP contribution in [0.1, 0.15) is 27.1 Å². The average Bonchev–Trinajstić information content (AvgIpc) is 3.15. The van der Waals surface area contributed by atoms with Gasteiger partial charge in [0.25, 0.3) is 11.8 Å². The van der Waals surface area contributed by atoms with Crippen LogP contribution in [0, 0.1) is 0 Å². The number of nitrogens with one attached hydrogen (secondary N) is 1. The molecule has 36 heavy (non-hydrogen) atoms. The van der Waals surface area contributed by atoms with E-state index in [1.807, 2.05) is 12.1 Å². The zero-order valence-corrected chi connectivity index (χ0v) is 19.8. The number of carbonyl (C=O) groups is 2. The third-order valence-electron chi connectivity index (χ3n) is 5.92. The summed E-state index contributed by atoms with van der Waals surface area (Å²) in [5.74, 6) is 0.301. The molecular formula is C27H27F2N3O4. The zero-order chi connectivity index (χ0) is 25.5. The zero-order valence-electron chi connectivity index (χ0n) is 19.8. The SMILES string of the molecule is COc1ccccc1C(=O)N1CCCN(C(=O)c2ccccc2Nc2ccc(OC(F)F)cc2)CC1. The van der Waals surface area contributed by atoms with Gasteiger partial charge in [0.05, 0.1) is 23.9 Å². The van der Waals surface area contributed by atoms with Crippen LogP contribution in [0.2, 0.25) is 0 Å². The molecule has 1 saturated heterocycles. The van der Waals surface area contributed by atoms with E-state index >= 15 is 0 Å². The van der Waals surface area contributed by atoms with Gasteiger partial charge < -0.3 is 24.6 Å². The predicted molar refractivity (Wildman–Crippen MR) is 132 cm³/mol. The Balaban J connectivity index is 1.44.